The molecule has 5 N–H and O–H groups in total. The van der Waals surface area contributed by atoms with Crippen molar-refractivity contribution in [3.05, 3.63) is 82.3 Å². The fraction of sp³-hybridized carbons (Fsp3) is 0.290. The van der Waals surface area contributed by atoms with E-state index < -0.39 is 11.8 Å². The van der Waals surface area contributed by atoms with Gasteiger partial charge >= 0.3 is 0 Å². The molecule has 0 fully saturated rings. The molecule has 2 amide bonds. The van der Waals surface area contributed by atoms with Gasteiger partial charge in [0, 0.05) is 17.7 Å². The maximum atomic E-state index is 13.7. The number of carbonyl (C=O) groups excluding carboxylic acids is 3. The number of hydrogen-bond acceptors (Lipinski definition) is 11. The first-order valence-electron chi connectivity index (χ1n) is 13.9. The van der Waals surface area contributed by atoms with Gasteiger partial charge in [0.25, 0.3) is 5.91 Å². The highest BCUT2D eigenvalue weighted by atomic mass is 32.2. The fourth-order valence-corrected chi connectivity index (χ4v) is 7.14. The summed E-state index contributed by atoms with van der Waals surface area (Å²) in [7, 11) is 0. The molecule has 2 aliphatic rings. The number of Topliss-reactive ketones (excluding diaryl/α,β-unsaturated/α-hetero) is 1. The van der Waals surface area contributed by atoms with Gasteiger partial charge in [-0.05, 0) is 48.6 Å². The van der Waals surface area contributed by atoms with Gasteiger partial charge in [-0.15, -0.1) is 10.2 Å². The number of amides is 2. The maximum Gasteiger partial charge on any atom is 0.250 e. The molecule has 1 aliphatic carbocycles. The fourth-order valence-electron chi connectivity index (χ4n) is 5.46. The lowest BCUT2D eigenvalue weighted by molar-refractivity contribution is -0.118. The molecule has 0 radical (unpaired) electrons. The zero-order valence-electron chi connectivity index (χ0n) is 24.4. The van der Waals surface area contributed by atoms with Crippen LogP contribution in [0.25, 0.3) is 0 Å². The van der Waals surface area contributed by atoms with Crippen LogP contribution in [0.15, 0.2) is 75.5 Å². The third-order valence-electron chi connectivity index (χ3n) is 7.29. The quantitative estimate of drug-likeness (QED) is 0.281. The molecule has 2 aromatic carbocycles. The predicted molar refractivity (Wildman–Crippen MR) is 169 cm³/mol. The van der Waals surface area contributed by atoms with Crippen molar-refractivity contribution >= 4 is 51.5 Å². The van der Waals surface area contributed by atoms with Gasteiger partial charge in [0.2, 0.25) is 11.0 Å². The molecule has 5 rings (SSSR count). The second-order valence-electron chi connectivity index (χ2n) is 11.1. The minimum Gasteiger partial charge on any atom is -0.494 e. The van der Waals surface area contributed by atoms with E-state index in [-0.39, 0.29) is 39.8 Å². The van der Waals surface area contributed by atoms with E-state index in [0.29, 0.717) is 51.6 Å². The summed E-state index contributed by atoms with van der Waals surface area (Å²) < 4.78 is 6.07. The molecule has 3 aromatic rings. The Kier molecular flexibility index (Phi) is 8.75. The van der Waals surface area contributed by atoms with Crippen LogP contribution in [-0.4, -0.2) is 40.2 Å². The van der Waals surface area contributed by atoms with Gasteiger partial charge in [0.1, 0.15) is 11.6 Å². The summed E-state index contributed by atoms with van der Waals surface area (Å²) in [5.74, 6) is -0.799. The number of allylic oxidation sites excluding steroid dienone is 3. The number of rotatable bonds is 9. The molecule has 13 heteroatoms. The Hall–Kier alpha value is -4.67. The molecule has 44 heavy (non-hydrogen) atoms. The van der Waals surface area contributed by atoms with E-state index in [9.17, 15) is 19.6 Å². The number of nitrogens with zero attached hydrogens (tertiary/aromatic N) is 4. The Balaban J connectivity index is 1.44. The highest BCUT2D eigenvalue weighted by Gasteiger charge is 2.45. The van der Waals surface area contributed by atoms with Crippen LogP contribution in [0.3, 0.4) is 0 Å². The average Bonchev–Trinajstić information content (AvgIpc) is 3.44. The number of carbonyl (C=O) groups is 3. The summed E-state index contributed by atoms with van der Waals surface area (Å²) in [6, 6.07) is 16.1. The number of nitrogens with two attached hydrogens (primary N) is 2. The third kappa shape index (κ3) is 6.17. The Labute approximate surface area is 263 Å². The SMILES string of the molecule is CCOc1ccc(C2C(C#N)=C(N)N(c3nnc(SCC(=O)Nc4ccccc4C(N)=O)s3)C3=C2C(=O)CC(C)(C)C3)cc1. The number of ketones is 1. The summed E-state index contributed by atoms with van der Waals surface area (Å²) in [4.78, 5) is 39.8. The van der Waals surface area contributed by atoms with Gasteiger partial charge in [0.05, 0.1) is 41.2 Å². The first kappa shape index (κ1) is 30.8. The van der Waals surface area contributed by atoms with E-state index in [1.807, 2.05) is 45.0 Å². The minimum absolute atomic E-state index is 0.00419. The summed E-state index contributed by atoms with van der Waals surface area (Å²) in [5.41, 5.74) is 14.5. The zero-order chi connectivity index (χ0) is 31.6. The molecule has 1 aromatic heterocycles. The molecule has 1 aliphatic heterocycles. The van der Waals surface area contributed by atoms with E-state index in [4.69, 9.17) is 16.2 Å². The van der Waals surface area contributed by atoms with Crippen molar-refractivity contribution in [3.8, 4) is 11.8 Å². The number of anilines is 2. The van der Waals surface area contributed by atoms with E-state index in [1.54, 1.807) is 23.1 Å². The van der Waals surface area contributed by atoms with Gasteiger partial charge in [-0.2, -0.15) is 5.26 Å². The number of hydrogen-bond donors (Lipinski definition) is 3. The lowest BCUT2D eigenvalue weighted by Crippen LogP contribution is -2.42. The van der Waals surface area contributed by atoms with Gasteiger partial charge in [-0.3, -0.25) is 19.3 Å². The number of nitriles is 1. The molecule has 1 atom stereocenters. The lowest BCUT2D eigenvalue weighted by atomic mass is 9.68. The second-order valence-corrected chi connectivity index (χ2v) is 13.3. The highest BCUT2D eigenvalue weighted by Crippen LogP contribution is 2.50. The topological polar surface area (TPSA) is 177 Å². The zero-order valence-corrected chi connectivity index (χ0v) is 26.1. The minimum atomic E-state index is -0.644. The normalized spacial score (nSPS) is 17.6. The Morgan fingerprint density at radius 2 is 1.91 bits per heavy atom. The van der Waals surface area contributed by atoms with Crippen LogP contribution in [0.1, 0.15) is 55.5 Å². The first-order chi connectivity index (χ1) is 21.0. The van der Waals surface area contributed by atoms with Crippen LogP contribution in [0.4, 0.5) is 10.8 Å². The molecule has 0 saturated heterocycles. The van der Waals surface area contributed by atoms with Crippen LogP contribution in [-0.2, 0) is 9.59 Å². The molecule has 0 spiro atoms. The van der Waals surface area contributed by atoms with E-state index in [0.717, 1.165) is 17.3 Å². The number of ether oxygens (including phenoxy) is 1. The summed E-state index contributed by atoms with van der Waals surface area (Å²) in [6.45, 7) is 6.47. The lowest BCUT2D eigenvalue weighted by Gasteiger charge is -2.42. The molecule has 226 valence electrons. The van der Waals surface area contributed by atoms with Crippen molar-refractivity contribution in [3.63, 3.8) is 0 Å². The molecule has 2 heterocycles. The van der Waals surface area contributed by atoms with Crippen LogP contribution >= 0.6 is 23.1 Å². The van der Waals surface area contributed by atoms with E-state index >= 15 is 0 Å². The molecular formula is C31H31N7O4S2. The second kappa shape index (κ2) is 12.5. The van der Waals surface area contributed by atoms with E-state index in [2.05, 4.69) is 21.6 Å². The number of nitrogens with one attached hydrogen (secondary N) is 1. The highest BCUT2D eigenvalue weighted by molar-refractivity contribution is 8.01. The van der Waals surface area contributed by atoms with Crippen LogP contribution in [0.2, 0.25) is 0 Å². The number of primary amides is 1. The monoisotopic (exact) mass is 629 g/mol. The molecule has 11 nitrogen and oxygen atoms in total. The van der Waals surface area contributed by atoms with Crippen LogP contribution in [0, 0.1) is 16.7 Å². The smallest absolute Gasteiger partial charge is 0.250 e. The molecular weight excluding hydrogens is 599 g/mol. The number of thioether (sulfide) groups is 1. The van der Waals surface area contributed by atoms with Crippen molar-refractivity contribution in [2.45, 2.75) is 43.9 Å². The summed E-state index contributed by atoms with van der Waals surface area (Å²) in [6.07, 6.45) is 0.863. The van der Waals surface area contributed by atoms with Gasteiger partial charge in [-0.25, -0.2) is 0 Å². The average molecular weight is 630 g/mol. The van der Waals surface area contributed by atoms with E-state index in [1.165, 1.54) is 17.4 Å². The Bertz CT molecular complexity index is 1740. The van der Waals surface area contributed by atoms with Crippen LogP contribution < -0.4 is 26.4 Å². The van der Waals surface area contributed by atoms with Crippen molar-refractivity contribution < 1.29 is 19.1 Å². The number of para-hydroxylation sites is 1. The van der Waals surface area contributed by atoms with Crippen molar-refractivity contribution in [2.75, 3.05) is 22.6 Å². The predicted octanol–water partition coefficient (Wildman–Crippen LogP) is 4.71. The standard InChI is InChI=1S/C31H31N7O4S2/c1-4-42-18-11-9-17(10-12-18)25-20(15-32)27(33)38(22-13-31(2,3)14-23(39)26(22)25)29-36-37-30(44-29)43-16-24(40)35-21-8-6-5-7-19(21)28(34)41/h5-12,25H,4,13-14,16,33H2,1-3H3,(H2,34,41)(H,35,40). The third-order valence-corrected chi connectivity index (χ3v) is 9.33. The largest absolute Gasteiger partial charge is 0.494 e. The number of aromatic nitrogens is 2. The van der Waals surface area contributed by atoms with Crippen molar-refractivity contribution in [1.82, 2.24) is 10.2 Å². The van der Waals surface area contributed by atoms with Gasteiger partial charge in [-0.1, -0.05) is 61.2 Å². The van der Waals surface area contributed by atoms with Gasteiger partial charge in [0.15, 0.2) is 10.1 Å². The van der Waals surface area contributed by atoms with Crippen molar-refractivity contribution in [2.24, 2.45) is 16.9 Å². The Morgan fingerprint density at radius 3 is 2.59 bits per heavy atom. The Morgan fingerprint density at radius 1 is 1.18 bits per heavy atom. The van der Waals surface area contributed by atoms with Crippen molar-refractivity contribution in [1.29, 1.82) is 5.26 Å². The maximum absolute atomic E-state index is 13.7. The first-order valence-corrected chi connectivity index (χ1v) is 15.7. The molecule has 1 unspecified atom stereocenters. The number of benzene rings is 2. The molecule has 0 bridgehead atoms. The summed E-state index contributed by atoms with van der Waals surface area (Å²) in [5, 5.41) is 22.0. The van der Waals surface area contributed by atoms with Gasteiger partial charge < -0.3 is 21.5 Å². The summed E-state index contributed by atoms with van der Waals surface area (Å²) >= 11 is 2.36. The van der Waals surface area contributed by atoms with Crippen LogP contribution in [0.5, 0.6) is 5.75 Å². The molecule has 0 saturated carbocycles.